The molecule has 3 rings (SSSR count). The number of ether oxygens (including phenoxy) is 1. The van der Waals surface area contributed by atoms with Gasteiger partial charge >= 0.3 is 12.1 Å². The molecule has 0 fully saturated rings. The molecule has 2 unspecified atom stereocenters. The van der Waals surface area contributed by atoms with Crippen molar-refractivity contribution in [2.45, 2.75) is 25.2 Å². The number of benzene rings is 2. The summed E-state index contributed by atoms with van der Waals surface area (Å²) < 4.78 is 10.2. The predicted octanol–water partition coefficient (Wildman–Crippen LogP) is 2.20. The van der Waals surface area contributed by atoms with E-state index in [-0.39, 0.29) is 36.1 Å². The lowest BCUT2D eigenvalue weighted by molar-refractivity contribution is 0.0137. The van der Waals surface area contributed by atoms with Crippen molar-refractivity contribution in [3.05, 3.63) is 81.7 Å². The van der Waals surface area contributed by atoms with Crippen LogP contribution in [0.1, 0.15) is 34.2 Å². The maximum atomic E-state index is 12.1. The summed E-state index contributed by atoms with van der Waals surface area (Å²) in [5, 5.41) is 32.1. The van der Waals surface area contributed by atoms with E-state index in [1.807, 2.05) is 30.3 Å². The maximum absolute atomic E-state index is 12.1. The zero-order chi connectivity index (χ0) is 22.4. The van der Waals surface area contributed by atoms with Crippen molar-refractivity contribution in [2.75, 3.05) is 6.54 Å². The van der Waals surface area contributed by atoms with Gasteiger partial charge in [0.15, 0.2) is 5.43 Å². The van der Waals surface area contributed by atoms with Crippen LogP contribution >= 0.6 is 0 Å². The summed E-state index contributed by atoms with van der Waals surface area (Å²) in [6, 6.07) is 14.1. The van der Waals surface area contributed by atoms with Gasteiger partial charge < -0.3 is 29.8 Å². The molecule has 3 aromatic rings. The van der Waals surface area contributed by atoms with E-state index in [2.05, 4.69) is 5.32 Å². The van der Waals surface area contributed by atoms with E-state index in [0.29, 0.717) is 0 Å². The molecule has 2 atom stereocenters. The smallest absolute Gasteiger partial charge is 0.407 e. The molecule has 0 saturated carbocycles. The number of carbonyl (C=O) groups is 2. The average Bonchev–Trinajstić information content (AvgIpc) is 2.77. The van der Waals surface area contributed by atoms with E-state index in [9.17, 15) is 24.6 Å². The van der Waals surface area contributed by atoms with Crippen LogP contribution in [0.4, 0.5) is 4.79 Å². The molecule has 0 bridgehead atoms. The van der Waals surface area contributed by atoms with Gasteiger partial charge in [-0.15, -0.1) is 0 Å². The minimum absolute atomic E-state index is 0.0339. The number of fused-ring (bicyclic) bond motifs is 1. The number of aromatic carboxylic acids is 1. The molecule has 4 N–H and O–H groups in total. The van der Waals surface area contributed by atoms with Crippen LogP contribution in [0.15, 0.2) is 63.8 Å². The molecule has 0 spiro atoms. The average molecular weight is 427 g/mol. The van der Waals surface area contributed by atoms with Gasteiger partial charge in [0, 0.05) is 12.6 Å². The molecule has 0 aliphatic rings. The van der Waals surface area contributed by atoms with E-state index in [4.69, 9.17) is 14.3 Å². The summed E-state index contributed by atoms with van der Waals surface area (Å²) >= 11 is 0. The van der Waals surface area contributed by atoms with Gasteiger partial charge in [-0.1, -0.05) is 36.4 Å². The first kappa shape index (κ1) is 22.0. The van der Waals surface area contributed by atoms with Crippen LogP contribution in [0, 0.1) is 0 Å². The third-order valence-electron chi connectivity index (χ3n) is 4.59. The lowest BCUT2D eigenvalue weighted by atomic mass is 10.0. The quantitative estimate of drug-likeness (QED) is 0.428. The largest absolute Gasteiger partial charge is 0.475 e. The molecule has 1 aromatic heterocycles. The van der Waals surface area contributed by atoms with Crippen LogP contribution < -0.4 is 10.7 Å². The first-order chi connectivity index (χ1) is 14.8. The Morgan fingerprint density at radius 3 is 2.52 bits per heavy atom. The van der Waals surface area contributed by atoms with Crippen LogP contribution in [0.3, 0.4) is 0 Å². The lowest BCUT2D eigenvalue weighted by Gasteiger charge is -2.18. The SMILES string of the molecule is O=C(NCCC(O)C(O)c1ccc2oc(C(=O)O)cc(=O)c2c1)OCc1ccccc1. The van der Waals surface area contributed by atoms with E-state index >= 15 is 0 Å². The Morgan fingerprint density at radius 2 is 1.81 bits per heavy atom. The van der Waals surface area contributed by atoms with Crippen LogP contribution in [0.25, 0.3) is 11.0 Å². The van der Waals surface area contributed by atoms with Gasteiger partial charge in [0.1, 0.15) is 18.3 Å². The first-order valence-corrected chi connectivity index (χ1v) is 9.47. The van der Waals surface area contributed by atoms with Crippen LogP contribution in [0.2, 0.25) is 0 Å². The molecule has 2 aromatic carbocycles. The number of carboxylic acids is 1. The molecular weight excluding hydrogens is 406 g/mol. The number of rotatable bonds is 8. The van der Waals surface area contributed by atoms with Crippen LogP contribution in [0.5, 0.6) is 0 Å². The summed E-state index contributed by atoms with van der Waals surface area (Å²) in [6.07, 6.45) is -3.17. The summed E-state index contributed by atoms with van der Waals surface area (Å²) in [5.41, 5.74) is 0.564. The van der Waals surface area contributed by atoms with Crippen molar-refractivity contribution in [3.63, 3.8) is 0 Å². The third-order valence-corrected chi connectivity index (χ3v) is 4.59. The molecule has 0 aliphatic carbocycles. The van der Waals surface area contributed by atoms with Gasteiger partial charge in [-0.25, -0.2) is 9.59 Å². The molecule has 0 saturated heterocycles. The van der Waals surface area contributed by atoms with E-state index in [0.717, 1.165) is 11.6 Å². The van der Waals surface area contributed by atoms with Crippen molar-refractivity contribution >= 4 is 23.0 Å². The lowest BCUT2D eigenvalue weighted by Crippen LogP contribution is -2.29. The Bertz CT molecular complexity index is 1130. The van der Waals surface area contributed by atoms with Gasteiger partial charge in [0.05, 0.1) is 11.5 Å². The van der Waals surface area contributed by atoms with Gasteiger partial charge in [0.25, 0.3) is 0 Å². The second-order valence-electron chi connectivity index (χ2n) is 6.83. The molecule has 162 valence electrons. The van der Waals surface area contributed by atoms with Crippen molar-refractivity contribution in [1.82, 2.24) is 5.32 Å². The number of carboxylic acid groups (broad SMARTS) is 1. The minimum Gasteiger partial charge on any atom is -0.475 e. The maximum Gasteiger partial charge on any atom is 0.407 e. The highest BCUT2D eigenvalue weighted by Gasteiger charge is 2.20. The summed E-state index contributed by atoms with van der Waals surface area (Å²) in [5.74, 6) is -1.86. The van der Waals surface area contributed by atoms with Gasteiger partial charge in [-0.05, 0) is 29.7 Å². The van der Waals surface area contributed by atoms with Gasteiger partial charge in [-0.2, -0.15) is 0 Å². The molecule has 0 aliphatic heterocycles. The molecule has 1 amide bonds. The number of hydrogen-bond donors (Lipinski definition) is 4. The number of hydrogen-bond acceptors (Lipinski definition) is 7. The highest BCUT2D eigenvalue weighted by molar-refractivity contribution is 5.87. The van der Waals surface area contributed by atoms with E-state index < -0.39 is 35.5 Å². The van der Waals surface area contributed by atoms with Crippen molar-refractivity contribution in [3.8, 4) is 0 Å². The fraction of sp³-hybridized carbons (Fsp3) is 0.227. The fourth-order valence-electron chi connectivity index (χ4n) is 2.94. The molecule has 9 nitrogen and oxygen atoms in total. The van der Waals surface area contributed by atoms with Gasteiger partial charge in [-0.3, -0.25) is 4.79 Å². The number of carbonyl (C=O) groups excluding carboxylic acids is 1. The number of nitrogens with one attached hydrogen (secondary N) is 1. The van der Waals surface area contributed by atoms with E-state index in [1.165, 1.54) is 18.2 Å². The van der Waals surface area contributed by atoms with Crippen LogP contribution in [-0.4, -0.2) is 40.0 Å². The summed E-state index contributed by atoms with van der Waals surface area (Å²) in [4.78, 5) is 34.8. The zero-order valence-corrected chi connectivity index (χ0v) is 16.4. The van der Waals surface area contributed by atoms with Crippen LogP contribution in [-0.2, 0) is 11.3 Å². The van der Waals surface area contributed by atoms with Crippen molar-refractivity contribution < 1.29 is 34.1 Å². The minimum atomic E-state index is -1.37. The highest BCUT2D eigenvalue weighted by atomic mass is 16.5. The normalized spacial score (nSPS) is 12.8. The Labute approximate surface area is 176 Å². The highest BCUT2D eigenvalue weighted by Crippen LogP contribution is 2.23. The number of aliphatic hydroxyl groups excluding tert-OH is 2. The van der Waals surface area contributed by atoms with Crippen molar-refractivity contribution in [2.24, 2.45) is 0 Å². The second-order valence-corrected chi connectivity index (χ2v) is 6.83. The predicted molar refractivity (Wildman–Crippen MR) is 110 cm³/mol. The van der Waals surface area contributed by atoms with Crippen molar-refractivity contribution in [1.29, 1.82) is 0 Å². The second kappa shape index (κ2) is 9.88. The zero-order valence-electron chi connectivity index (χ0n) is 16.4. The standard InChI is InChI=1S/C22H21NO8/c24-16(8-9-23-22(29)30-12-13-4-2-1-3-5-13)20(26)14-6-7-18-15(10-14)17(25)11-19(31-18)21(27)28/h1-7,10-11,16,20,24,26H,8-9,12H2,(H,23,29)(H,27,28). The number of aliphatic hydroxyl groups is 2. The topological polar surface area (TPSA) is 146 Å². The number of alkyl carbamates (subject to hydrolysis) is 1. The van der Waals surface area contributed by atoms with Gasteiger partial charge in [0.2, 0.25) is 5.76 Å². The number of amides is 1. The molecular formula is C22H21NO8. The third kappa shape index (κ3) is 5.68. The Balaban J connectivity index is 1.55. The first-order valence-electron chi connectivity index (χ1n) is 9.47. The Kier molecular flexibility index (Phi) is 7.01. The Morgan fingerprint density at radius 1 is 1.06 bits per heavy atom. The molecule has 9 heteroatoms. The molecule has 1 heterocycles. The summed E-state index contributed by atoms with van der Waals surface area (Å²) in [7, 11) is 0. The summed E-state index contributed by atoms with van der Waals surface area (Å²) in [6.45, 7) is 0.171. The molecule has 31 heavy (non-hydrogen) atoms. The molecule has 0 radical (unpaired) electrons. The fourth-order valence-corrected chi connectivity index (χ4v) is 2.94. The monoisotopic (exact) mass is 427 g/mol. The Hall–Kier alpha value is -3.69. The van der Waals surface area contributed by atoms with E-state index in [1.54, 1.807) is 0 Å².